The summed E-state index contributed by atoms with van der Waals surface area (Å²) in [6, 6.07) is 30.3. The molecule has 2 aromatic heterocycles. The Labute approximate surface area is 227 Å². The lowest BCUT2D eigenvalue weighted by Crippen LogP contribution is -2.21. The quantitative estimate of drug-likeness (QED) is 0.206. The molecule has 0 spiro atoms. The fourth-order valence-electron chi connectivity index (χ4n) is 4.35. The van der Waals surface area contributed by atoms with Crippen molar-refractivity contribution >= 4 is 17.2 Å². The van der Waals surface area contributed by atoms with Crippen LogP contribution in [0.4, 0.5) is 0 Å². The van der Waals surface area contributed by atoms with Gasteiger partial charge in [-0.1, -0.05) is 74.5 Å². The van der Waals surface area contributed by atoms with Gasteiger partial charge in [0.2, 0.25) is 0 Å². The van der Waals surface area contributed by atoms with Crippen LogP contribution in [-0.4, -0.2) is 22.3 Å². The average Bonchev–Trinajstić information content (AvgIpc) is 3.61. The molecule has 1 amide bonds. The zero-order valence-corrected chi connectivity index (χ0v) is 22.5. The van der Waals surface area contributed by atoms with Crippen LogP contribution in [0.1, 0.15) is 41.1 Å². The Bertz CT molecular complexity index is 1510. The summed E-state index contributed by atoms with van der Waals surface area (Å²) in [5.41, 5.74) is 6.00. The van der Waals surface area contributed by atoms with Gasteiger partial charge in [0, 0.05) is 28.7 Å². The first-order chi connectivity index (χ1) is 18.7. The van der Waals surface area contributed by atoms with E-state index in [1.807, 2.05) is 89.7 Å². The van der Waals surface area contributed by atoms with Gasteiger partial charge in [-0.3, -0.25) is 4.79 Å². The van der Waals surface area contributed by atoms with E-state index in [0.717, 1.165) is 51.5 Å². The number of nitrogens with one attached hydrogen (secondary N) is 1. The predicted octanol–water partition coefficient (Wildman–Crippen LogP) is 7.55. The van der Waals surface area contributed by atoms with Gasteiger partial charge in [0.05, 0.1) is 22.9 Å². The van der Waals surface area contributed by atoms with Crippen LogP contribution in [0, 0.1) is 0 Å². The second-order valence-corrected chi connectivity index (χ2v) is 10.1. The highest BCUT2D eigenvalue weighted by atomic mass is 32.1. The largest absolute Gasteiger partial charge is 0.494 e. The Balaban J connectivity index is 1.42. The average molecular weight is 522 g/mol. The van der Waals surface area contributed by atoms with Crippen LogP contribution in [0.15, 0.2) is 97.2 Å². The summed E-state index contributed by atoms with van der Waals surface area (Å²) in [7, 11) is 0. The monoisotopic (exact) mass is 521 g/mol. The van der Waals surface area contributed by atoms with Crippen molar-refractivity contribution in [2.45, 2.75) is 33.2 Å². The number of benzene rings is 3. The van der Waals surface area contributed by atoms with Crippen molar-refractivity contribution in [2.75, 3.05) is 6.61 Å². The molecule has 0 unspecified atom stereocenters. The molecule has 5 rings (SSSR count). The van der Waals surface area contributed by atoms with Crippen LogP contribution in [-0.2, 0) is 13.0 Å². The molecule has 5 nitrogen and oxygen atoms in total. The van der Waals surface area contributed by atoms with Crippen molar-refractivity contribution in [3.8, 4) is 33.1 Å². The SMILES string of the molecule is CCCOc1cccc(-c2nn(-c3ccccc3)cc2CNC(=O)c2cc(CC)c(-c3ccccc3)s2)c1. The summed E-state index contributed by atoms with van der Waals surface area (Å²) >= 11 is 1.54. The summed E-state index contributed by atoms with van der Waals surface area (Å²) in [4.78, 5) is 15.1. The van der Waals surface area contributed by atoms with Gasteiger partial charge in [0.1, 0.15) is 5.75 Å². The first kappa shape index (κ1) is 25.5. The van der Waals surface area contributed by atoms with E-state index < -0.39 is 0 Å². The second kappa shape index (κ2) is 11.9. The molecule has 0 fully saturated rings. The maximum Gasteiger partial charge on any atom is 0.261 e. The summed E-state index contributed by atoms with van der Waals surface area (Å²) in [6.07, 6.45) is 3.81. The Hall–Kier alpha value is -4.16. The number of aromatic nitrogens is 2. The van der Waals surface area contributed by atoms with Crippen LogP contribution in [0.3, 0.4) is 0 Å². The number of hydrogen-bond acceptors (Lipinski definition) is 4. The van der Waals surface area contributed by atoms with Crippen molar-refractivity contribution in [3.63, 3.8) is 0 Å². The van der Waals surface area contributed by atoms with Crippen LogP contribution in [0.2, 0.25) is 0 Å². The van der Waals surface area contributed by atoms with E-state index in [9.17, 15) is 4.79 Å². The van der Waals surface area contributed by atoms with Crippen LogP contribution in [0.25, 0.3) is 27.4 Å². The van der Waals surface area contributed by atoms with Gasteiger partial charge in [-0.25, -0.2) is 4.68 Å². The normalized spacial score (nSPS) is 10.9. The first-order valence-corrected chi connectivity index (χ1v) is 13.8. The van der Waals surface area contributed by atoms with Crippen LogP contribution >= 0.6 is 11.3 Å². The lowest BCUT2D eigenvalue weighted by molar-refractivity contribution is 0.0955. The van der Waals surface area contributed by atoms with E-state index in [4.69, 9.17) is 9.84 Å². The number of carbonyl (C=O) groups is 1. The van der Waals surface area contributed by atoms with E-state index in [1.165, 1.54) is 5.56 Å². The topological polar surface area (TPSA) is 56.1 Å². The smallest absolute Gasteiger partial charge is 0.261 e. The number of rotatable bonds is 10. The molecule has 38 heavy (non-hydrogen) atoms. The Morgan fingerprint density at radius 3 is 2.37 bits per heavy atom. The van der Waals surface area contributed by atoms with Gasteiger partial charge in [-0.05, 0) is 54.3 Å². The summed E-state index contributed by atoms with van der Waals surface area (Å²) in [5, 5.41) is 8.05. The number of aryl methyl sites for hydroxylation is 1. The number of carbonyl (C=O) groups excluding carboxylic acids is 1. The highest BCUT2D eigenvalue weighted by Crippen LogP contribution is 2.33. The number of hydrogen-bond donors (Lipinski definition) is 1. The zero-order chi connectivity index (χ0) is 26.3. The van der Waals surface area contributed by atoms with Gasteiger partial charge in [0.25, 0.3) is 5.91 Å². The number of para-hydroxylation sites is 1. The molecule has 192 valence electrons. The first-order valence-electron chi connectivity index (χ1n) is 13.0. The van der Waals surface area contributed by atoms with Gasteiger partial charge in [-0.15, -0.1) is 11.3 Å². The molecule has 0 aliphatic rings. The molecule has 0 radical (unpaired) electrons. The van der Waals surface area contributed by atoms with Crippen molar-refractivity contribution in [1.29, 1.82) is 0 Å². The lowest BCUT2D eigenvalue weighted by Gasteiger charge is -2.08. The van der Waals surface area contributed by atoms with Gasteiger partial charge in [0.15, 0.2) is 0 Å². The molecule has 3 aromatic carbocycles. The molecule has 1 N–H and O–H groups in total. The molecular weight excluding hydrogens is 490 g/mol. The Morgan fingerprint density at radius 1 is 0.895 bits per heavy atom. The fourth-order valence-corrected chi connectivity index (χ4v) is 5.52. The molecule has 0 bridgehead atoms. The highest BCUT2D eigenvalue weighted by molar-refractivity contribution is 7.17. The standard InChI is InChI=1S/C32H31N3O2S/c1-3-18-37-28-17-11-14-25(19-28)30-26(22-35(34-30)27-15-9-6-10-16-27)21-33-32(36)29-20-23(4-2)31(38-29)24-12-7-5-8-13-24/h5-17,19-20,22H,3-4,18,21H2,1-2H3,(H,33,36). The zero-order valence-electron chi connectivity index (χ0n) is 21.7. The van der Waals surface area contributed by atoms with E-state index >= 15 is 0 Å². The molecule has 0 aliphatic heterocycles. The molecule has 6 heteroatoms. The summed E-state index contributed by atoms with van der Waals surface area (Å²) < 4.78 is 7.73. The van der Waals surface area contributed by atoms with Crippen molar-refractivity contribution in [3.05, 3.63) is 113 Å². The molecule has 0 atom stereocenters. The molecule has 0 saturated heterocycles. The maximum atomic E-state index is 13.3. The minimum Gasteiger partial charge on any atom is -0.494 e. The minimum atomic E-state index is -0.0784. The van der Waals surface area contributed by atoms with Crippen LogP contribution < -0.4 is 10.1 Å². The van der Waals surface area contributed by atoms with Crippen molar-refractivity contribution in [1.82, 2.24) is 15.1 Å². The number of amides is 1. The molecule has 0 saturated carbocycles. The summed E-state index contributed by atoms with van der Waals surface area (Å²) in [6.45, 7) is 5.24. The van der Waals surface area contributed by atoms with E-state index in [1.54, 1.807) is 11.3 Å². The van der Waals surface area contributed by atoms with Gasteiger partial charge < -0.3 is 10.1 Å². The number of ether oxygens (including phenoxy) is 1. The highest BCUT2D eigenvalue weighted by Gasteiger charge is 2.18. The minimum absolute atomic E-state index is 0.0784. The molecular formula is C32H31N3O2S. The van der Waals surface area contributed by atoms with Crippen molar-refractivity contribution in [2.24, 2.45) is 0 Å². The van der Waals surface area contributed by atoms with Gasteiger partial charge in [-0.2, -0.15) is 5.10 Å². The molecule has 0 aliphatic carbocycles. The molecule has 2 heterocycles. The van der Waals surface area contributed by atoms with E-state index in [2.05, 4.69) is 31.3 Å². The fraction of sp³-hybridized carbons (Fsp3) is 0.188. The predicted molar refractivity (Wildman–Crippen MR) is 155 cm³/mol. The third-order valence-corrected chi connectivity index (χ3v) is 7.51. The lowest BCUT2D eigenvalue weighted by atomic mass is 10.1. The van der Waals surface area contributed by atoms with Crippen LogP contribution in [0.5, 0.6) is 5.75 Å². The van der Waals surface area contributed by atoms with Gasteiger partial charge >= 0.3 is 0 Å². The summed E-state index contributed by atoms with van der Waals surface area (Å²) in [5.74, 6) is 0.734. The second-order valence-electron chi connectivity index (χ2n) is 9.03. The Morgan fingerprint density at radius 2 is 1.63 bits per heavy atom. The van der Waals surface area contributed by atoms with Crippen molar-refractivity contribution < 1.29 is 9.53 Å². The van der Waals surface area contributed by atoms with E-state index in [-0.39, 0.29) is 5.91 Å². The van der Waals surface area contributed by atoms with E-state index in [0.29, 0.717) is 18.0 Å². The third kappa shape index (κ3) is 5.71. The number of thiophene rings is 1. The third-order valence-electron chi connectivity index (χ3n) is 6.28. The molecule has 5 aromatic rings. The maximum absolute atomic E-state index is 13.3. The Kier molecular flexibility index (Phi) is 8.00. The number of nitrogens with zero attached hydrogens (tertiary/aromatic N) is 2.